The fourth-order valence-corrected chi connectivity index (χ4v) is 2.70. The van der Waals surface area contributed by atoms with E-state index in [4.69, 9.17) is 9.15 Å². The van der Waals surface area contributed by atoms with Crippen LogP contribution in [0.25, 0.3) is 10.9 Å². The summed E-state index contributed by atoms with van der Waals surface area (Å²) in [6, 6.07) is 3.96. The zero-order chi connectivity index (χ0) is 19.2. The molecule has 0 saturated carbocycles. The highest BCUT2D eigenvalue weighted by Gasteiger charge is 2.27. The molecule has 1 aromatic carbocycles. The molecule has 0 radical (unpaired) electrons. The van der Waals surface area contributed by atoms with Crippen molar-refractivity contribution in [2.24, 2.45) is 0 Å². The Morgan fingerprint density at radius 2 is 1.88 bits per heavy atom. The highest BCUT2D eigenvalue weighted by molar-refractivity contribution is 5.79. The van der Waals surface area contributed by atoms with Crippen LogP contribution in [0.5, 0.6) is 0 Å². The molecule has 0 unspecified atom stereocenters. The van der Waals surface area contributed by atoms with Crippen molar-refractivity contribution in [2.75, 3.05) is 6.61 Å². The summed E-state index contributed by atoms with van der Waals surface area (Å²) >= 11 is 0. The molecular formula is C19H26N2O5. The smallest absolute Gasteiger partial charge is 0.347 e. The van der Waals surface area contributed by atoms with Crippen molar-refractivity contribution in [2.45, 2.75) is 64.9 Å². The number of hydrogen-bond donors (Lipinski definition) is 0. The maximum absolute atomic E-state index is 12.2. The Kier molecular flexibility index (Phi) is 6.85. The van der Waals surface area contributed by atoms with E-state index < -0.39 is 16.1 Å². The summed E-state index contributed by atoms with van der Waals surface area (Å²) in [7, 11) is 0. The number of nitro groups is 1. The van der Waals surface area contributed by atoms with Crippen molar-refractivity contribution in [1.82, 2.24) is 4.98 Å². The minimum absolute atomic E-state index is 0.0923. The van der Waals surface area contributed by atoms with Gasteiger partial charge in [-0.15, -0.1) is 0 Å². The van der Waals surface area contributed by atoms with E-state index in [1.807, 2.05) is 0 Å². The molecule has 7 heteroatoms. The lowest BCUT2D eigenvalue weighted by molar-refractivity contribution is -0.384. The van der Waals surface area contributed by atoms with E-state index in [-0.39, 0.29) is 17.0 Å². The van der Waals surface area contributed by atoms with Gasteiger partial charge in [-0.05, 0) is 26.3 Å². The lowest BCUT2D eigenvalue weighted by Crippen LogP contribution is -2.25. The second kappa shape index (κ2) is 8.89. The van der Waals surface area contributed by atoms with Gasteiger partial charge in [0.05, 0.1) is 15.8 Å². The molecule has 0 aliphatic rings. The van der Waals surface area contributed by atoms with Gasteiger partial charge in [-0.2, -0.15) is 0 Å². The van der Waals surface area contributed by atoms with Crippen LogP contribution in [-0.4, -0.2) is 16.5 Å². The molecular weight excluding hydrogens is 336 g/mol. The van der Waals surface area contributed by atoms with Crippen LogP contribution < -0.4 is 5.63 Å². The van der Waals surface area contributed by atoms with Crippen molar-refractivity contribution >= 4 is 16.6 Å². The maximum atomic E-state index is 12.2. The van der Waals surface area contributed by atoms with Crippen LogP contribution in [0.4, 0.5) is 5.69 Å². The maximum Gasteiger partial charge on any atom is 0.347 e. The van der Waals surface area contributed by atoms with Crippen molar-refractivity contribution in [3.63, 3.8) is 0 Å². The number of nitro benzene ring substituents is 1. The molecule has 0 amide bonds. The molecule has 2 rings (SSSR count). The number of benzene rings is 1. The minimum Gasteiger partial charge on any atom is -0.405 e. The van der Waals surface area contributed by atoms with Crippen molar-refractivity contribution in [1.29, 1.82) is 0 Å². The van der Waals surface area contributed by atoms with E-state index in [0.29, 0.717) is 12.1 Å². The first-order chi connectivity index (χ1) is 12.3. The normalized spacial score (nSPS) is 11.8. The summed E-state index contributed by atoms with van der Waals surface area (Å²) in [5, 5.41) is 10.9. The molecule has 0 bridgehead atoms. The lowest BCUT2D eigenvalue weighted by Gasteiger charge is -2.23. The molecule has 0 atom stereocenters. The molecule has 0 aliphatic carbocycles. The first-order valence-corrected chi connectivity index (χ1v) is 9.09. The number of rotatable bonds is 10. The molecule has 0 fully saturated rings. The second-order valence-electron chi connectivity index (χ2n) is 6.89. The lowest BCUT2D eigenvalue weighted by atomic mass is 10.1. The second-order valence-corrected chi connectivity index (χ2v) is 6.89. The highest BCUT2D eigenvalue weighted by atomic mass is 16.6. The Hall–Kier alpha value is -2.28. The van der Waals surface area contributed by atoms with Gasteiger partial charge in [0.15, 0.2) is 0 Å². The first-order valence-electron chi connectivity index (χ1n) is 9.09. The van der Waals surface area contributed by atoms with Crippen LogP contribution in [0.2, 0.25) is 0 Å². The summed E-state index contributed by atoms with van der Waals surface area (Å²) in [6.07, 6.45) is 6.97. The van der Waals surface area contributed by atoms with Gasteiger partial charge >= 0.3 is 5.63 Å². The predicted molar refractivity (Wildman–Crippen MR) is 99.3 cm³/mol. The van der Waals surface area contributed by atoms with Crippen molar-refractivity contribution in [3.05, 3.63) is 44.6 Å². The molecule has 0 saturated heterocycles. The molecule has 1 aromatic heterocycles. The zero-order valence-electron chi connectivity index (χ0n) is 15.6. The van der Waals surface area contributed by atoms with Gasteiger partial charge in [-0.3, -0.25) is 10.1 Å². The number of unbranched alkanes of at least 4 members (excludes halogenated alkanes) is 5. The quantitative estimate of drug-likeness (QED) is 0.345. The van der Waals surface area contributed by atoms with E-state index in [2.05, 4.69) is 11.9 Å². The van der Waals surface area contributed by atoms with Gasteiger partial charge in [-0.25, -0.2) is 9.78 Å². The number of hydrogen-bond acceptors (Lipinski definition) is 6. The summed E-state index contributed by atoms with van der Waals surface area (Å²) in [5.74, 6) is 0.176. The summed E-state index contributed by atoms with van der Waals surface area (Å²) in [6.45, 7) is 6.34. The van der Waals surface area contributed by atoms with Gasteiger partial charge in [-0.1, -0.05) is 39.0 Å². The van der Waals surface area contributed by atoms with E-state index in [1.54, 1.807) is 13.8 Å². The number of ether oxygens (including phenoxy) is 1. The number of aromatic nitrogens is 1. The highest BCUT2D eigenvalue weighted by Crippen LogP contribution is 2.25. The average Bonchev–Trinajstić information content (AvgIpc) is 2.60. The Balaban J connectivity index is 2.06. The third-order valence-electron chi connectivity index (χ3n) is 4.30. The Labute approximate surface area is 152 Å². The van der Waals surface area contributed by atoms with E-state index in [0.717, 1.165) is 12.8 Å². The fourth-order valence-electron chi connectivity index (χ4n) is 2.70. The van der Waals surface area contributed by atoms with Crippen LogP contribution in [0.3, 0.4) is 0 Å². The first kappa shape index (κ1) is 20.0. The summed E-state index contributed by atoms with van der Waals surface area (Å²) in [5.41, 5.74) is -1.31. The largest absolute Gasteiger partial charge is 0.405 e. The van der Waals surface area contributed by atoms with Crippen LogP contribution in [0.1, 0.15) is 65.2 Å². The SMILES string of the molecule is CCCCCCCCOC(C)(C)c1nc2ccc([N+](=O)[O-])cc2c(=O)o1. The van der Waals surface area contributed by atoms with Crippen LogP contribution >= 0.6 is 0 Å². The molecule has 7 nitrogen and oxygen atoms in total. The van der Waals surface area contributed by atoms with Crippen LogP contribution in [-0.2, 0) is 10.3 Å². The number of fused-ring (bicyclic) bond motifs is 1. The molecule has 0 aliphatic heterocycles. The third-order valence-corrected chi connectivity index (χ3v) is 4.30. The van der Waals surface area contributed by atoms with Crippen LogP contribution in [0, 0.1) is 10.1 Å². The Morgan fingerprint density at radius 1 is 1.19 bits per heavy atom. The topological polar surface area (TPSA) is 95.5 Å². The molecule has 142 valence electrons. The van der Waals surface area contributed by atoms with Gasteiger partial charge < -0.3 is 9.15 Å². The monoisotopic (exact) mass is 362 g/mol. The Morgan fingerprint density at radius 3 is 2.58 bits per heavy atom. The molecule has 0 N–H and O–H groups in total. The number of non-ortho nitro benzene ring substituents is 1. The molecule has 1 heterocycles. The number of nitrogens with zero attached hydrogens (tertiary/aromatic N) is 2. The van der Waals surface area contributed by atoms with E-state index >= 15 is 0 Å². The van der Waals surface area contributed by atoms with Gasteiger partial charge in [0.25, 0.3) is 5.69 Å². The van der Waals surface area contributed by atoms with Crippen molar-refractivity contribution < 1.29 is 14.1 Å². The Bertz CT molecular complexity index is 813. The van der Waals surface area contributed by atoms with E-state index in [9.17, 15) is 14.9 Å². The fraction of sp³-hybridized carbons (Fsp3) is 0.579. The third kappa shape index (κ3) is 5.11. The molecule has 26 heavy (non-hydrogen) atoms. The predicted octanol–water partition coefficient (Wildman–Crippen LogP) is 4.71. The minimum atomic E-state index is -0.849. The molecule has 2 aromatic rings. The van der Waals surface area contributed by atoms with Gasteiger partial charge in [0, 0.05) is 18.7 Å². The average molecular weight is 362 g/mol. The summed E-state index contributed by atoms with van der Waals surface area (Å²) in [4.78, 5) is 26.8. The van der Waals surface area contributed by atoms with Gasteiger partial charge in [0.1, 0.15) is 5.60 Å². The van der Waals surface area contributed by atoms with E-state index in [1.165, 1.54) is 43.9 Å². The van der Waals surface area contributed by atoms with Gasteiger partial charge in [0.2, 0.25) is 5.89 Å². The summed E-state index contributed by atoms with van der Waals surface area (Å²) < 4.78 is 11.2. The van der Waals surface area contributed by atoms with Crippen LogP contribution in [0.15, 0.2) is 27.4 Å². The molecule has 0 spiro atoms. The standard InChI is InChI=1S/C19H26N2O5/c1-4-5-6-7-8-9-12-25-19(2,3)18-20-16-11-10-14(21(23)24)13-15(16)17(22)26-18/h10-11,13H,4-9,12H2,1-3H3. The van der Waals surface area contributed by atoms with Crippen molar-refractivity contribution in [3.8, 4) is 0 Å². The zero-order valence-corrected chi connectivity index (χ0v) is 15.6.